The van der Waals surface area contributed by atoms with E-state index in [1.165, 1.54) is 0 Å². The van der Waals surface area contributed by atoms with Crippen LogP contribution in [0, 0.1) is 0 Å². The molecule has 2 fully saturated rings. The van der Waals surface area contributed by atoms with Gasteiger partial charge in [0.25, 0.3) is 5.91 Å². The minimum atomic E-state index is -3.21. The van der Waals surface area contributed by atoms with Crippen LogP contribution >= 0.6 is 0 Å². The van der Waals surface area contributed by atoms with Crippen molar-refractivity contribution in [2.75, 3.05) is 26.0 Å². The topological polar surface area (TPSA) is 75.7 Å². The maximum Gasteiger partial charge on any atom is 0.251 e. The third-order valence-corrected chi connectivity index (χ3v) is 4.08. The van der Waals surface area contributed by atoms with Crippen LogP contribution in [-0.4, -0.2) is 57.3 Å². The number of carbonyl (C=O) groups is 1. The third-order valence-electron chi connectivity index (χ3n) is 3.32. The molecule has 0 saturated carbocycles. The molecule has 2 aliphatic heterocycles. The van der Waals surface area contributed by atoms with Crippen molar-refractivity contribution in [1.82, 2.24) is 9.62 Å². The number of amides is 1. The summed E-state index contributed by atoms with van der Waals surface area (Å²) >= 11 is 0. The van der Waals surface area contributed by atoms with Gasteiger partial charge < -0.3 is 9.64 Å². The Morgan fingerprint density at radius 1 is 1.33 bits per heavy atom. The number of sulfonamides is 1. The van der Waals surface area contributed by atoms with Gasteiger partial charge in [0.15, 0.2) is 0 Å². The van der Waals surface area contributed by atoms with Gasteiger partial charge in [0.05, 0.1) is 6.26 Å². The molecule has 2 heterocycles. The smallest absolute Gasteiger partial charge is 0.251 e. The van der Waals surface area contributed by atoms with Gasteiger partial charge in [-0.2, -0.15) is 0 Å². The van der Waals surface area contributed by atoms with E-state index in [1.807, 2.05) is 0 Å². The second kappa shape index (κ2) is 5.54. The summed E-state index contributed by atoms with van der Waals surface area (Å²) in [5, 5.41) is 0. The average Bonchev–Trinajstić information content (AvgIpc) is 2.79. The number of hydrogen-bond acceptors (Lipinski definition) is 4. The zero-order chi connectivity index (χ0) is 13.2. The van der Waals surface area contributed by atoms with Crippen LogP contribution < -0.4 is 4.72 Å². The van der Waals surface area contributed by atoms with Gasteiger partial charge in [-0.25, -0.2) is 13.1 Å². The molecule has 0 aliphatic carbocycles. The highest BCUT2D eigenvalue weighted by Crippen LogP contribution is 2.18. The van der Waals surface area contributed by atoms with Gasteiger partial charge in [0, 0.05) is 25.7 Å². The average molecular weight is 276 g/mol. The maximum atomic E-state index is 12.1. The lowest BCUT2D eigenvalue weighted by Gasteiger charge is -2.34. The molecule has 18 heavy (non-hydrogen) atoms. The fraction of sp³-hybridized carbons (Fsp3) is 0.909. The van der Waals surface area contributed by atoms with Crippen molar-refractivity contribution in [3.63, 3.8) is 0 Å². The largest absolute Gasteiger partial charge is 0.368 e. The number of piperidine rings is 1. The van der Waals surface area contributed by atoms with E-state index in [0.29, 0.717) is 19.7 Å². The predicted octanol–water partition coefficient (Wildman–Crippen LogP) is -0.294. The lowest BCUT2D eigenvalue weighted by atomic mass is 10.1. The van der Waals surface area contributed by atoms with E-state index in [4.69, 9.17) is 4.74 Å². The number of nitrogens with zero attached hydrogens (tertiary/aromatic N) is 1. The Morgan fingerprint density at radius 3 is 2.72 bits per heavy atom. The van der Waals surface area contributed by atoms with E-state index >= 15 is 0 Å². The first-order valence-corrected chi connectivity index (χ1v) is 8.22. The summed E-state index contributed by atoms with van der Waals surface area (Å²) in [6, 6.07) is -0.167. The van der Waals surface area contributed by atoms with Gasteiger partial charge in [-0.15, -0.1) is 0 Å². The number of likely N-dealkylation sites (tertiary alicyclic amines) is 1. The van der Waals surface area contributed by atoms with Crippen molar-refractivity contribution in [3.8, 4) is 0 Å². The highest BCUT2D eigenvalue weighted by molar-refractivity contribution is 7.88. The van der Waals surface area contributed by atoms with Crippen molar-refractivity contribution >= 4 is 15.9 Å². The van der Waals surface area contributed by atoms with Gasteiger partial charge in [0.2, 0.25) is 10.0 Å². The standard InChI is InChI=1S/C11H20N2O4S/c1-18(15,16)12-9-4-2-6-13(8-9)11(14)10-5-3-7-17-10/h9-10,12H,2-8H2,1H3/t9-,10+/m0/s1. The highest BCUT2D eigenvalue weighted by Gasteiger charge is 2.32. The molecular weight excluding hydrogens is 256 g/mol. The van der Waals surface area contributed by atoms with Crippen LogP contribution in [0.4, 0.5) is 0 Å². The van der Waals surface area contributed by atoms with Crippen molar-refractivity contribution in [1.29, 1.82) is 0 Å². The van der Waals surface area contributed by atoms with E-state index in [1.54, 1.807) is 4.90 Å². The number of nitrogens with one attached hydrogen (secondary N) is 1. The molecule has 2 atom stereocenters. The Morgan fingerprint density at radius 2 is 2.11 bits per heavy atom. The van der Waals surface area contributed by atoms with Gasteiger partial charge >= 0.3 is 0 Å². The van der Waals surface area contributed by atoms with Crippen molar-refractivity contribution < 1.29 is 17.9 Å². The fourth-order valence-electron chi connectivity index (χ4n) is 2.55. The quantitative estimate of drug-likeness (QED) is 0.768. The summed E-state index contributed by atoms with van der Waals surface area (Å²) in [7, 11) is -3.21. The Kier molecular flexibility index (Phi) is 4.24. The highest BCUT2D eigenvalue weighted by atomic mass is 32.2. The molecule has 1 N–H and O–H groups in total. The van der Waals surface area contributed by atoms with E-state index in [-0.39, 0.29) is 18.1 Å². The zero-order valence-electron chi connectivity index (χ0n) is 10.6. The molecule has 104 valence electrons. The molecule has 0 aromatic carbocycles. The van der Waals surface area contributed by atoms with Crippen LogP contribution in [0.1, 0.15) is 25.7 Å². The Hall–Kier alpha value is -0.660. The van der Waals surface area contributed by atoms with Crippen LogP contribution in [0.25, 0.3) is 0 Å². The first kappa shape index (κ1) is 13.8. The normalized spacial score (nSPS) is 29.5. The molecule has 0 unspecified atom stereocenters. The maximum absolute atomic E-state index is 12.1. The van der Waals surface area contributed by atoms with E-state index < -0.39 is 10.0 Å². The van der Waals surface area contributed by atoms with Gasteiger partial charge in [-0.3, -0.25) is 4.79 Å². The van der Waals surface area contributed by atoms with Crippen LogP contribution in [0.15, 0.2) is 0 Å². The molecule has 7 heteroatoms. The van der Waals surface area contributed by atoms with Crippen LogP contribution in [-0.2, 0) is 19.6 Å². The summed E-state index contributed by atoms with van der Waals surface area (Å²) in [6.45, 7) is 1.79. The molecule has 0 aromatic heterocycles. The van der Waals surface area contributed by atoms with Crippen molar-refractivity contribution in [2.45, 2.75) is 37.8 Å². The Labute approximate surface area is 108 Å². The fourth-order valence-corrected chi connectivity index (χ4v) is 3.35. The molecule has 0 aromatic rings. The van der Waals surface area contributed by atoms with Gasteiger partial charge in [0.1, 0.15) is 6.10 Å². The van der Waals surface area contributed by atoms with Gasteiger partial charge in [-0.1, -0.05) is 0 Å². The zero-order valence-corrected chi connectivity index (χ0v) is 11.4. The molecule has 0 bridgehead atoms. The summed E-state index contributed by atoms with van der Waals surface area (Å²) in [5.74, 6) is 0.00695. The summed E-state index contributed by atoms with van der Waals surface area (Å²) in [4.78, 5) is 13.9. The molecule has 6 nitrogen and oxygen atoms in total. The molecule has 1 amide bonds. The number of hydrogen-bond donors (Lipinski definition) is 1. The van der Waals surface area contributed by atoms with Crippen LogP contribution in [0.2, 0.25) is 0 Å². The second-order valence-corrected chi connectivity index (χ2v) is 6.80. The summed E-state index contributed by atoms with van der Waals surface area (Å²) in [5.41, 5.74) is 0. The SMILES string of the molecule is CS(=O)(=O)N[C@H]1CCCN(C(=O)[C@H]2CCCO2)C1. The Bertz CT molecular complexity index is 403. The van der Waals surface area contributed by atoms with Crippen LogP contribution in [0.3, 0.4) is 0 Å². The van der Waals surface area contributed by atoms with E-state index in [2.05, 4.69) is 4.72 Å². The third kappa shape index (κ3) is 3.66. The molecule has 2 saturated heterocycles. The van der Waals surface area contributed by atoms with Gasteiger partial charge in [-0.05, 0) is 25.7 Å². The first-order chi connectivity index (χ1) is 8.46. The number of rotatable bonds is 3. The van der Waals surface area contributed by atoms with E-state index in [0.717, 1.165) is 31.9 Å². The minimum Gasteiger partial charge on any atom is -0.368 e. The molecular formula is C11H20N2O4S. The second-order valence-electron chi connectivity index (χ2n) is 5.02. The predicted molar refractivity (Wildman–Crippen MR) is 66.6 cm³/mol. The lowest BCUT2D eigenvalue weighted by Crippen LogP contribution is -2.51. The molecule has 2 rings (SSSR count). The van der Waals surface area contributed by atoms with E-state index in [9.17, 15) is 13.2 Å². The molecule has 0 radical (unpaired) electrons. The van der Waals surface area contributed by atoms with Crippen molar-refractivity contribution in [3.05, 3.63) is 0 Å². The summed E-state index contributed by atoms with van der Waals surface area (Å²) < 4.78 is 30.3. The molecule has 2 aliphatic rings. The lowest BCUT2D eigenvalue weighted by molar-refractivity contribution is -0.142. The Balaban J connectivity index is 1.91. The number of carbonyl (C=O) groups excluding carboxylic acids is 1. The van der Waals surface area contributed by atoms with Crippen molar-refractivity contribution in [2.24, 2.45) is 0 Å². The summed E-state index contributed by atoms with van der Waals surface area (Å²) in [6.07, 6.45) is 4.14. The van der Waals surface area contributed by atoms with Crippen LogP contribution in [0.5, 0.6) is 0 Å². The number of ether oxygens (including phenoxy) is 1. The minimum absolute atomic E-state index is 0.00695. The monoisotopic (exact) mass is 276 g/mol. The first-order valence-electron chi connectivity index (χ1n) is 6.33. The molecule has 0 spiro atoms.